The highest BCUT2D eigenvalue weighted by molar-refractivity contribution is 6.42. The number of rotatable bonds is 6. The molecule has 0 spiro atoms. The molecule has 1 unspecified atom stereocenters. The maximum absolute atomic E-state index is 11.7. The molecule has 150 valence electrons. The van der Waals surface area contributed by atoms with Crippen LogP contribution in [0.25, 0.3) is 0 Å². The van der Waals surface area contributed by atoms with E-state index in [4.69, 9.17) is 46.4 Å². The minimum atomic E-state index is -0.391. The van der Waals surface area contributed by atoms with Crippen LogP contribution in [0.1, 0.15) is 60.6 Å². The van der Waals surface area contributed by atoms with Crippen molar-refractivity contribution in [2.24, 2.45) is 11.8 Å². The maximum Gasteiger partial charge on any atom is 0.163 e. The largest absolute Gasteiger partial charge is 0.388 e. The number of ketones is 1. The Morgan fingerprint density at radius 2 is 1.43 bits per heavy atom. The Bertz CT molecular complexity index is 844. The standard InChI is InChI=1S/C11H12Cl2O.C11H10Cl2O/c2*12-9-4-3-8(6-10(9)13)11(14)5-7-1-2-7/h3-4,6-7,11,14H,1-2,5H2;3-4,6-7H,1-2,5H2. The number of halogens is 4. The van der Waals surface area contributed by atoms with Crippen LogP contribution in [0.5, 0.6) is 0 Å². The molecule has 2 aromatic rings. The van der Waals surface area contributed by atoms with Crippen molar-refractivity contribution in [3.8, 4) is 0 Å². The van der Waals surface area contributed by atoms with Crippen molar-refractivity contribution in [1.82, 2.24) is 0 Å². The monoisotopic (exact) mass is 458 g/mol. The van der Waals surface area contributed by atoms with Gasteiger partial charge in [-0.3, -0.25) is 4.79 Å². The second-order valence-electron chi connectivity index (χ2n) is 7.57. The minimum Gasteiger partial charge on any atom is -0.388 e. The number of carbonyl (C=O) groups is 1. The van der Waals surface area contributed by atoms with Gasteiger partial charge in [-0.05, 0) is 67.0 Å². The molecule has 28 heavy (non-hydrogen) atoms. The van der Waals surface area contributed by atoms with Crippen LogP contribution < -0.4 is 0 Å². The number of aliphatic hydroxyl groups is 1. The van der Waals surface area contributed by atoms with E-state index >= 15 is 0 Å². The summed E-state index contributed by atoms with van der Waals surface area (Å²) in [6, 6.07) is 10.4. The Morgan fingerprint density at radius 3 is 1.96 bits per heavy atom. The van der Waals surface area contributed by atoms with E-state index in [1.165, 1.54) is 25.7 Å². The Labute approximate surface area is 185 Å². The molecule has 0 aromatic heterocycles. The summed E-state index contributed by atoms with van der Waals surface area (Å²) >= 11 is 23.2. The molecule has 0 bridgehead atoms. The zero-order valence-electron chi connectivity index (χ0n) is 15.3. The number of carbonyl (C=O) groups excluding carboxylic acids is 1. The Morgan fingerprint density at radius 1 is 0.857 bits per heavy atom. The summed E-state index contributed by atoms with van der Waals surface area (Å²) in [5.41, 5.74) is 1.54. The van der Waals surface area contributed by atoms with Gasteiger partial charge in [0.15, 0.2) is 5.78 Å². The molecule has 2 saturated carbocycles. The van der Waals surface area contributed by atoms with Gasteiger partial charge < -0.3 is 5.11 Å². The van der Waals surface area contributed by atoms with Gasteiger partial charge in [-0.25, -0.2) is 0 Å². The third-order valence-corrected chi connectivity index (χ3v) is 6.47. The van der Waals surface area contributed by atoms with Crippen LogP contribution in [0, 0.1) is 11.8 Å². The summed E-state index contributed by atoms with van der Waals surface area (Å²) in [6.07, 6.45) is 5.98. The van der Waals surface area contributed by atoms with Crippen molar-refractivity contribution in [3.63, 3.8) is 0 Å². The van der Waals surface area contributed by atoms with Crippen LogP contribution in [0.4, 0.5) is 0 Å². The highest BCUT2D eigenvalue weighted by Gasteiger charge is 2.26. The lowest BCUT2D eigenvalue weighted by molar-refractivity contribution is 0.0976. The molecule has 2 aromatic carbocycles. The summed E-state index contributed by atoms with van der Waals surface area (Å²) in [4.78, 5) is 11.7. The SMILES string of the molecule is O=C(CC1CC1)c1ccc(Cl)c(Cl)c1.OC(CC1CC1)c1ccc(Cl)c(Cl)c1. The third-order valence-electron chi connectivity index (χ3n) is 4.99. The number of hydrogen-bond donors (Lipinski definition) is 1. The highest BCUT2D eigenvalue weighted by Crippen LogP contribution is 2.38. The van der Waals surface area contributed by atoms with Gasteiger partial charge >= 0.3 is 0 Å². The molecule has 1 N–H and O–H groups in total. The van der Waals surface area contributed by atoms with Gasteiger partial charge in [0.1, 0.15) is 0 Å². The molecular weight excluding hydrogens is 438 g/mol. The molecule has 0 heterocycles. The molecule has 2 aliphatic carbocycles. The lowest BCUT2D eigenvalue weighted by Crippen LogP contribution is -1.99. The van der Waals surface area contributed by atoms with Crippen molar-refractivity contribution in [2.45, 2.75) is 44.6 Å². The van der Waals surface area contributed by atoms with Crippen molar-refractivity contribution in [2.75, 3.05) is 0 Å². The first-order chi connectivity index (χ1) is 13.3. The summed E-state index contributed by atoms with van der Waals surface area (Å²) < 4.78 is 0. The summed E-state index contributed by atoms with van der Waals surface area (Å²) in [6.45, 7) is 0. The molecule has 0 radical (unpaired) electrons. The van der Waals surface area contributed by atoms with Crippen LogP contribution >= 0.6 is 46.4 Å². The number of aliphatic hydroxyl groups excluding tert-OH is 1. The van der Waals surface area contributed by atoms with Gasteiger partial charge in [0.2, 0.25) is 0 Å². The fraction of sp³-hybridized carbons (Fsp3) is 0.409. The van der Waals surface area contributed by atoms with E-state index in [9.17, 15) is 9.90 Å². The zero-order chi connectivity index (χ0) is 20.3. The van der Waals surface area contributed by atoms with Crippen molar-refractivity contribution in [1.29, 1.82) is 0 Å². The third kappa shape index (κ3) is 6.64. The smallest absolute Gasteiger partial charge is 0.163 e. The summed E-state index contributed by atoms with van der Waals surface area (Å²) in [7, 11) is 0. The number of hydrogen-bond acceptors (Lipinski definition) is 2. The van der Waals surface area contributed by atoms with Gasteiger partial charge in [-0.15, -0.1) is 0 Å². The molecule has 2 nitrogen and oxygen atoms in total. The van der Waals surface area contributed by atoms with E-state index in [1.807, 2.05) is 6.07 Å². The van der Waals surface area contributed by atoms with Crippen LogP contribution in [0.15, 0.2) is 36.4 Å². The first-order valence-electron chi connectivity index (χ1n) is 9.44. The van der Waals surface area contributed by atoms with Gasteiger partial charge in [0.25, 0.3) is 0 Å². The van der Waals surface area contributed by atoms with E-state index in [2.05, 4.69) is 0 Å². The van der Waals surface area contributed by atoms with E-state index in [0.29, 0.717) is 43.9 Å². The summed E-state index contributed by atoms with van der Waals surface area (Å²) in [5, 5.41) is 11.8. The average Bonchev–Trinajstić information content (AvgIpc) is 3.57. The molecule has 0 saturated heterocycles. The number of Topliss-reactive ketones (excluding diaryl/α,β-unsaturated/α-hetero) is 1. The molecule has 0 amide bonds. The van der Waals surface area contributed by atoms with Gasteiger partial charge in [-0.2, -0.15) is 0 Å². The molecule has 0 aliphatic heterocycles. The molecule has 2 fully saturated rings. The van der Waals surface area contributed by atoms with Crippen molar-refractivity contribution in [3.05, 3.63) is 67.6 Å². The fourth-order valence-electron chi connectivity index (χ4n) is 2.90. The highest BCUT2D eigenvalue weighted by atomic mass is 35.5. The molecule has 1 atom stereocenters. The lowest BCUT2D eigenvalue weighted by atomic mass is 10.0. The van der Waals surface area contributed by atoms with Crippen LogP contribution in [-0.2, 0) is 0 Å². The van der Waals surface area contributed by atoms with Gasteiger partial charge in [0.05, 0.1) is 26.2 Å². The molecule has 4 rings (SSSR count). The first-order valence-corrected chi connectivity index (χ1v) is 11.0. The van der Waals surface area contributed by atoms with E-state index < -0.39 is 6.10 Å². The van der Waals surface area contributed by atoms with Crippen molar-refractivity contribution < 1.29 is 9.90 Å². The van der Waals surface area contributed by atoms with Gasteiger partial charge in [-0.1, -0.05) is 65.3 Å². The second-order valence-corrected chi connectivity index (χ2v) is 9.20. The first kappa shape index (κ1) is 21.9. The zero-order valence-corrected chi connectivity index (χ0v) is 18.3. The maximum atomic E-state index is 11.7. The average molecular weight is 460 g/mol. The van der Waals surface area contributed by atoms with Crippen LogP contribution in [0.2, 0.25) is 20.1 Å². The Hall–Kier alpha value is -0.770. The normalized spacial score (nSPS) is 16.9. The quantitative estimate of drug-likeness (QED) is 0.447. The van der Waals surface area contributed by atoms with Gasteiger partial charge in [0, 0.05) is 12.0 Å². The van der Waals surface area contributed by atoms with Crippen LogP contribution in [-0.4, -0.2) is 10.9 Å². The number of benzene rings is 2. The van der Waals surface area contributed by atoms with Crippen LogP contribution in [0.3, 0.4) is 0 Å². The molecule has 2 aliphatic rings. The Balaban J connectivity index is 0.000000161. The molecule has 6 heteroatoms. The van der Waals surface area contributed by atoms with E-state index in [0.717, 1.165) is 12.0 Å². The second kappa shape index (κ2) is 9.82. The molecular formula is C22H22Cl4O2. The predicted octanol–water partition coefficient (Wildman–Crippen LogP) is 7.80. The van der Waals surface area contributed by atoms with Crippen molar-refractivity contribution >= 4 is 52.2 Å². The summed E-state index contributed by atoms with van der Waals surface area (Å²) in [5.74, 6) is 1.49. The predicted molar refractivity (Wildman–Crippen MR) is 117 cm³/mol. The lowest BCUT2D eigenvalue weighted by Gasteiger charge is -2.10. The topological polar surface area (TPSA) is 37.3 Å². The fourth-order valence-corrected chi connectivity index (χ4v) is 3.50. The van der Waals surface area contributed by atoms with E-state index in [-0.39, 0.29) is 5.78 Å². The minimum absolute atomic E-state index is 0.172. The Kier molecular flexibility index (Phi) is 7.69. The van der Waals surface area contributed by atoms with E-state index in [1.54, 1.807) is 30.3 Å².